The predicted molar refractivity (Wildman–Crippen MR) is 64.7 cm³/mol. The quantitative estimate of drug-likeness (QED) is 0.804. The van der Waals surface area contributed by atoms with Crippen LogP contribution in [0.5, 0.6) is 0 Å². The van der Waals surface area contributed by atoms with Crippen LogP contribution in [0.1, 0.15) is 37.9 Å². The van der Waals surface area contributed by atoms with Gasteiger partial charge in [0.25, 0.3) is 0 Å². The van der Waals surface area contributed by atoms with Crippen LogP contribution in [0.2, 0.25) is 0 Å². The molecule has 0 saturated heterocycles. The molecule has 0 radical (unpaired) electrons. The van der Waals surface area contributed by atoms with Crippen molar-refractivity contribution >= 4 is 0 Å². The zero-order valence-corrected chi connectivity index (χ0v) is 10.0. The van der Waals surface area contributed by atoms with Crippen molar-refractivity contribution in [1.82, 2.24) is 4.98 Å². The smallest absolute Gasteiger partial charge is 0.0448 e. The highest BCUT2D eigenvalue weighted by Gasteiger charge is 2.15. The molecule has 1 heterocycles. The molecule has 1 aromatic heterocycles. The summed E-state index contributed by atoms with van der Waals surface area (Å²) >= 11 is 0. The van der Waals surface area contributed by atoms with Gasteiger partial charge in [0.05, 0.1) is 0 Å². The van der Waals surface area contributed by atoms with Gasteiger partial charge in [-0.15, -0.1) is 0 Å². The molecule has 15 heavy (non-hydrogen) atoms. The van der Waals surface area contributed by atoms with Gasteiger partial charge in [-0.1, -0.05) is 32.8 Å². The van der Waals surface area contributed by atoms with E-state index in [1.165, 1.54) is 5.56 Å². The molecule has 2 heteroatoms. The van der Waals surface area contributed by atoms with Gasteiger partial charge in [0.15, 0.2) is 0 Å². The van der Waals surface area contributed by atoms with Gasteiger partial charge in [-0.05, 0) is 24.5 Å². The highest BCUT2D eigenvalue weighted by atomic mass is 14.7. The summed E-state index contributed by atoms with van der Waals surface area (Å²) in [5.41, 5.74) is 8.60. The van der Waals surface area contributed by atoms with E-state index in [4.69, 9.17) is 5.73 Å². The Morgan fingerprint density at radius 2 is 2.00 bits per heavy atom. The van der Waals surface area contributed by atoms with Crippen LogP contribution < -0.4 is 5.73 Å². The molecule has 1 atom stereocenters. The highest BCUT2D eigenvalue weighted by molar-refractivity contribution is 5.18. The van der Waals surface area contributed by atoms with E-state index in [2.05, 4.69) is 31.8 Å². The van der Waals surface area contributed by atoms with E-state index in [1.807, 2.05) is 12.3 Å². The molecule has 1 unspecified atom stereocenters. The molecule has 0 aliphatic carbocycles. The van der Waals surface area contributed by atoms with Crippen molar-refractivity contribution < 1.29 is 0 Å². The first-order chi connectivity index (χ1) is 7.19. The lowest BCUT2D eigenvalue weighted by molar-refractivity contribution is 0.391. The number of nitrogens with zero attached hydrogens (tertiary/aromatic N) is 1. The van der Waals surface area contributed by atoms with Gasteiger partial charge in [0.2, 0.25) is 0 Å². The van der Waals surface area contributed by atoms with Gasteiger partial charge >= 0.3 is 0 Å². The third-order valence-electron chi connectivity index (χ3n) is 3.20. The van der Waals surface area contributed by atoms with E-state index in [1.54, 1.807) is 0 Å². The Morgan fingerprint density at radius 3 is 2.53 bits per heavy atom. The first-order valence-corrected chi connectivity index (χ1v) is 5.85. The molecule has 0 spiro atoms. The van der Waals surface area contributed by atoms with Crippen molar-refractivity contribution in [3.63, 3.8) is 0 Å². The molecule has 84 valence electrons. The second-order valence-electron chi connectivity index (χ2n) is 4.21. The molecule has 2 nitrogen and oxygen atoms in total. The molecule has 0 fully saturated rings. The molecular weight excluding hydrogens is 184 g/mol. The second kappa shape index (κ2) is 5.86. The monoisotopic (exact) mass is 206 g/mol. The van der Waals surface area contributed by atoms with Crippen LogP contribution >= 0.6 is 0 Å². The zero-order valence-electron chi connectivity index (χ0n) is 10.0. The predicted octanol–water partition coefficient (Wildman–Crippen LogP) is 2.70. The van der Waals surface area contributed by atoms with Gasteiger partial charge in [0.1, 0.15) is 0 Å². The van der Waals surface area contributed by atoms with Crippen LogP contribution in [-0.2, 0) is 6.42 Å². The van der Waals surface area contributed by atoms with Crippen molar-refractivity contribution in [3.8, 4) is 0 Å². The first-order valence-electron chi connectivity index (χ1n) is 5.85. The summed E-state index contributed by atoms with van der Waals surface area (Å²) in [6.07, 6.45) is 5.06. The number of hydrogen-bond acceptors (Lipinski definition) is 2. The summed E-state index contributed by atoms with van der Waals surface area (Å²) in [5, 5.41) is 0. The highest BCUT2D eigenvalue weighted by Crippen LogP contribution is 2.16. The summed E-state index contributed by atoms with van der Waals surface area (Å²) in [6, 6.07) is 4.32. The summed E-state index contributed by atoms with van der Waals surface area (Å²) < 4.78 is 0. The first kappa shape index (κ1) is 12.2. The van der Waals surface area contributed by atoms with Crippen LogP contribution in [0, 0.1) is 12.8 Å². The number of aromatic nitrogens is 1. The Labute approximate surface area is 92.9 Å². The van der Waals surface area contributed by atoms with Crippen molar-refractivity contribution in [2.45, 2.75) is 46.1 Å². The normalized spacial score (nSPS) is 13.1. The molecule has 0 saturated carbocycles. The Balaban J connectivity index is 2.65. The standard InChI is InChI=1S/C13H22N2/c1-4-11(5-2)12(14)9-13-10(3)7-6-8-15-13/h6-8,11-12H,4-5,9,14H2,1-3H3. The largest absolute Gasteiger partial charge is 0.327 e. The van der Waals surface area contributed by atoms with Crippen LogP contribution in [-0.4, -0.2) is 11.0 Å². The molecule has 1 aromatic rings. The number of aryl methyl sites for hydroxylation is 1. The number of nitrogens with two attached hydrogens (primary N) is 1. The molecule has 2 N–H and O–H groups in total. The molecule has 0 aliphatic heterocycles. The van der Waals surface area contributed by atoms with Crippen molar-refractivity contribution in [1.29, 1.82) is 0 Å². The minimum Gasteiger partial charge on any atom is -0.327 e. The van der Waals surface area contributed by atoms with Crippen LogP contribution in [0.3, 0.4) is 0 Å². The lowest BCUT2D eigenvalue weighted by atomic mass is 9.91. The van der Waals surface area contributed by atoms with Crippen molar-refractivity contribution in [2.24, 2.45) is 11.7 Å². The Kier molecular flexibility index (Phi) is 4.76. The van der Waals surface area contributed by atoms with Gasteiger partial charge in [-0.25, -0.2) is 0 Å². The average Bonchev–Trinajstić information content (AvgIpc) is 2.23. The second-order valence-corrected chi connectivity index (χ2v) is 4.21. The molecule has 1 rings (SSSR count). The Bertz CT molecular complexity index is 292. The van der Waals surface area contributed by atoms with E-state index >= 15 is 0 Å². The molecule has 0 amide bonds. The average molecular weight is 206 g/mol. The Morgan fingerprint density at radius 1 is 1.33 bits per heavy atom. The minimum atomic E-state index is 0.244. The van der Waals surface area contributed by atoms with Crippen LogP contribution in [0.25, 0.3) is 0 Å². The minimum absolute atomic E-state index is 0.244. The molecule has 0 bridgehead atoms. The molecule has 0 aromatic carbocycles. The summed E-state index contributed by atoms with van der Waals surface area (Å²) in [6.45, 7) is 6.51. The van der Waals surface area contributed by atoms with Crippen LogP contribution in [0.15, 0.2) is 18.3 Å². The number of pyridine rings is 1. The van der Waals surface area contributed by atoms with Gasteiger partial charge in [-0.3, -0.25) is 4.98 Å². The number of hydrogen-bond donors (Lipinski definition) is 1. The van der Waals surface area contributed by atoms with E-state index in [9.17, 15) is 0 Å². The van der Waals surface area contributed by atoms with Crippen LogP contribution in [0.4, 0.5) is 0 Å². The maximum Gasteiger partial charge on any atom is 0.0448 e. The SMILES string of the molecule is CCC(CC)C(N)Cc1ncccc1C. The van der Waals surface area contributed by atoms with Crippen molar-refractivity contribution in [3.05, 3.63) is 29.6 Å². The van der Waals surface area contributed by atoms with Crippen molar-refractivity contribution in [2.75, 3.05) is 0 Å². The summed E-state index contributed by atoms with van der Waals surface area (Å²) in [5.74, 6) is 0.617. The summed E-state index contributed by atoms with van der Waals surface area (Å²) in [4.78, 5) is 4.39. The summed E-state index contributed by atoms with van der Waals surface area (Å²) in [7, 11) is 0. The number of rotatable bonds is 5. The van der Waals surface area contributed by atoms with E-state index in [0.29, 0.717) is 5.92 Å². The lowest BCUT2D eigenvalue weighted by Crippen LogP contribution is -2.32. The maximum atomic E-state index is 6.20. The lowest BCUT2D eigenvalue weighted by Gasteiger charge is -2.21. The van der Waals surface area contributed by atoms with Gasteiger partial charge in [-0.2, -0.15) is 0 Å². The molecule has 0 aliphatic rings. The fourth-order valence-corrected chi connectivity index (χ4v) is 2.02. The van der Waals surface area contributed by atoms with Gasteiger partial charge < -0.3 is 5.73 Å². The Hall–Kier alpha value is -0.890. The van der Waals surface area contributed by atoms with E-state index in [-0.39, 0.29) is 6.04 Å². The third kappa shape index (κ3) is 3.31. The fraction of sp³-hybridized carbons (Fsp3) is 0.615. The molecular formula is C13H22N2. The topological polar surface area (TPSA) is 38.9 Å². The third-order valence-corrected chi connectivity index (χ3v) is 3.20. The van der Waals surface area contributed by atoms with E-state index in [0.717, 1.165) is 25.0 Å². The zero-order chi connectivity index (χ0) is 11.3. The van der Waals surface area contributed by atoms with Gasteiger partial charge in [0, 0.05) is 24.4 Å². The van der Waals surface area contributed by atoms with E-state index < -0.39 is 0 Å². The fourth-order valence-electron chi connectivity index (χ4n) is 2.02. The maximum absolute atomic E-state index is 6.20.